The van der Waals surface area contributed by atoms with E-state index in [4.69, 9.17) is 32.7 Å². The molecule has 182 valence electrons. The van der Waals surface area contributed by atoms with E-state index in [1.54, 1.807) is 30.3 Å². The number of hydrazone groups is 1. The fourth-order valence-corrected chi connectivity index (χ4v) is 6.66. The molecule has 5 nitrogen and oxygen atoms in total. The van der Waals surface area contributed by atoms with Gasteiger partial charge in [0, 0.05) is 17.1 Å². The molecule has 1 saturated heterocycles. The third-order valence-electron chi connectivity index (χ3n) is 4.90. The number of nitrogens with one attached hydrogen (secondary N) is 1. The minimum absolute atomic E-state index is 0.0170. The molecule has 3 aromatic rings. The minimum Gasteiger partial charge on any atom is -0.486 e. The van der Waals surface area contributed by atoms with Gasteiger partial charge < -0.3 is 9.47 Å². The maximum absolute atomic E-state index is 13.8. The van der Waals surface area contributed by atoms with Crippen LogP contribution in [0.3, 0.4) is 0 Å². The van der Waals surface area contributed by atoms with E-state index < -0.39 is 5.91 Å². The Morgan fingerprint density at radius 2 is 1.74 bits per heavy atom. The van der Waals surface area contributed by atoms with Gasteiger partial charge in [-0.3, -0.25) is 4.79 Å². The topological polar surface area (TPSA) is 59.9 Å². The molecule has 10 heteroatoms. The lowest BCUT2D eigenvalue weighted by Gasteiger charge is -2.11. The Labute approximate surface area is 221 Å². The number of ether oxygens (including phenoxy) is 2. The van der Waals surface area contributed by atoms with Crippen molar-refractivity contribution in [3.05, 3.63) is 93.2 Å². The lowest BCUT2D eigenvalue weighted by atomic mass is 10.2. The van der Waals surface area contributed by atoms with Crippen molar-refractivity contribution >= 4 is 58.8 Å². The van der Waals surface area contributed by atoms with Crippen LogP contribution in [0.1, 0.15) is 21.3 Å². The zero-order chi connectivity index (χ0) is 24.6. The summed E-state index contributed by atoms with van der Waals surface area (Å²) < 4.78 is 25.4. The molecule has 1 amide bonds. The summed E-state index contributed by atoms with van der Waals surface area (Å²) in [6.07, 6.45) is 1.40. The van der Waals surface area contributed by atoms with Crippen LogP contribution in [0.25, 0.3) is 0 Å². The van der Waals surface area contributed by atoms with Gasteiger partial charge in [0.1, 0.15) is 18.2 Å². The summed E-state index contributed by atoms with van der Waals surface area (Å²) in [6, 6.07) is 17.2. The second-order valence-corrected chi connectivity index (χ2v) is 11.0. The minimum atomic E-state index is -0.408. The van der Waals surface area contributed by atoms with Gasteiger partial charge in [-0.2, -0.15) is 5.10 Å². The van der Waals surface area contributed by atoms with Crippen molar-refractivity contribution in [1.82, 2.24) is 5.43 Å². The molecule has 0 atom stereocenters. The Balaban J connectivity index is 1.26. The second-order valence-electron chi connectivity index (χ2n) is 7.42. The molecule has 1 fully saturated rings. The molecule has 0 unspecified atom stereocenters. The summed E-state index contributed by atoms with van der Waals surface area (Å²) in [5, 5.41) is 4.40. The summed E-state index contributed by atoms with van der Waals surface area (Å²) in [5.74, 6) is 2.41. The molecule has 0 saturated carbocycles. The maximum atomic E-state index is 13.8. The van der Waals surface area contributed by atoms with Crippen molar-refractivity contribution in [2.45, 2.75) is 11.2 Å². The van der Waals surface area contributed by atoms with Gasteiger partial charge in [0.15, 0.2) is 12.4 Å². The fourth-order valence-electron chi connectivity index (χ4n) is 3.19. The largest absolute Gasteiger partial charge is 0.486 e. The van der Waals surface area contributed by atoms with E-state index in [9.17, 15) is 9.18 Å². The maximum Gasteiger partial charge on any atom is 0.277 e. The van der Waals surface area contributed by atoms with E-state index in [0.717, 1.165) is 0 Å². The van der Waals surface area contributed by atoms with Crippen LogP contribution in [0, 0.1) is 5.82 Å². The normalized spacial score (nSPS) is 13.8. The molecule has 35 heavy (non-hydrogen) atoms. The number of rotatable bonds is 9. The molecule has 0 radical (unpaired) electrons. The van der Waals surface area contributed by atoms with Gasteiger partial charge in [0.2, 0.25) is 0 Å². The van der Waals surface area contributed by atoms with E-state index in [1.165, 1.54) is 29.4 Å². The summed E-state index contributed by atoms with van der Waals surface area (Å²) in [6.45, 7) is -0.190. The molecule has 1 aliphatic rings. The summed E-state index contributed by atoms with van der Waals surface area (Å²) in [4.78, 5) is 12.1. The van der Waals surface area contributed by atoms with Crippen molar-refractivity contribution in [2.75, 3.05) is 18.1 Å². The predicted molar refractivity (Wildman–Crippen MR) is 143 cm³/mol. The van der Waals surface area contributed by atoms with Crippen LogP contribution >= 0.6 is 46.7 Å². The average Bonchev–Trinajstić information content (AvgIpc) is 3.39. The zero-order valence-corrected chi connectivity index (χ0v) is 21.5. The van der Waals surface area contributed by atoms with Gasteiger partial charge in [0.05, 0.1) is 20.8 Å². The molecule has 0 spiro atoms. The lowest BCUT2D eigenvalue weighted by molar-refractivity contribution is -0.123. The Bertz CT molecular complexity index is 1180. The van der Waals surface area contributed by atoms with E-state index in [1.807, 2.05) is 47.8 Å². The third kappa shape index (κ3) is 7.30. The van der Waals surface area contributed by atoms with Crippen LogP contribution in [0.4, 0.5) is 4.39 Å². The van der Waals surface area contributed by atoms with Crippen molar-refractivity contribution < 1.29 is 18.7 Å². The number of carbonyl (C=O) groups excluding carboxylic acids is 1. The van der Waals surface area contributed by atoms with Crippen molar-refractivity contribution in [3.63, 3.8) is 0 Å². The van der Waals surface area contributed by atoms with Crippen LogP contribution in [0.15, 0.2) is 65.8 Å². The number of benzene rings is 3. The Hall–Kier alpha value is -2.39. The fraction of sp³-hybridized carbons (Fsp3) is 0.200. The molecule has 3 aromatic carbocycles. The Kier molecular flexibility index (Phi) is 9.20. The standard InChI is InChI=1S/C25H21Cl2FN2O3S2/c26-20-11-16(12-21(27)24(20)33-14-18-3-1-2-4-22(18)28)13-29-30-23(31)15-32-19-7-5-17(6-8-19)25-34-9-10-35-25/h1-8,11-13,25H,9-10,14-15H2,(H,30,31)/b29-13-. The smallest absolute Gasteiger partial charge is 0.277 e. The molecule has 0 bridgehead atoms. The van der Waals surface area contributed by atoms with Crippen LogP contribution in [-0.2, 0) is 11.4 Å². The number of amides is 1. The van der Waals surface area contributed by atoms with Crippen molar-refractivity contribution in [1.29, 1.82) is 0 Å². The first-order valence-electron chi connectivity index (χ1n) is 10.6. The first-order chi connectivity index (χ1) is 17.0. The quantitative estimate of drug-likeness (QED) is 0.236. The molecule has 4 rings (SSSR count). The van der Waals surface area contributed by atoms with E-state index >= 15 is 0 Å². The van der Waals surface area contributed by atoms with Crippen LogP contribution in [-0.4, -0.2) is 30.2 Å². The van der Waals surface area contributed by atoms with Crippen LogP contribution in [0.2, 0.25) is 10.0 Å². The number of nitrogens with zero attached hydrogens (tertiary/aromatic N) is 1. The summed E-state index contributed by atoms with van der Waals surface area (Å²) in [5.41, 5.74) is 4.59. The highest BCUT2D eigenvalue weighted by atomic mass is 35.5. The second kappa shape index (κ2) is 12.5. The number of hydrogen-bond acceptors (Lipinski definition) is 6. The molecular weight excluding hydrogens is 530 g/mol. The van der Waals surface area contributed by atoms with E-state index in [-0.39, 0.29) is 34.8 Å². The molecule has 1 aliphatic heterocycles. The third-order valence-corrected chi connectivity index (χ3v) is 8.56. The highest BCUT2D eigenvalue weighted by molar-refractivity contribution is 8.19. The lowest BCUT2D eigenvalue weighted by Crippen LogP contribution is -2.24. The van der Waals surface area contributed by atoms with Gasteiger partial charge in [-0.15, -0.1) is 23.5 Å². The van der Waals surface area contributed by atoms with Gasteiger partial charge in [-0.05, 0) is 41.5 Å². The Morgan fingerprint density at radius 1 is 1.06 bits per heavy atom. The predicted octanol–water partition coefficient (Wildman–Crippen LogP) is 6.72. The van der Waals surface area contributed by atoms with Crippen molar-refractivity contribution in [2.24, 2.45) is 5.10 Å². The molecule has 1 heterocycles. The number of hydrogen-bond donors (Lipinski definition) is 1. The van der Waals surface area contributed by atoms with Gasteiger partial charge in [-0.25, -0.2) is 9.82 Å². The Morgan fingerprint density at radius 3 is 2.43 bits per heavy atom. The van der Waals surface area contributed by atoms with Gasteiger partial charge >= 0.3 is 0 Å². The summed E-state index contributed by atoms with van der Waals surface area (Å²) >= 11 is 16.4. The van der Waals surface area contributed by atoms with Gasteiger partial charge in [0.25, 0.3) is 5.91 Å². The van der Waals surface area contributed by atoms with E-state index in [2.05, 4.69) is 10.5 Å². The number of carbonyl (C=O) groups is 1. The zero-order valence-electron chi connectivity index (χ0n) is 18.4. The number of halogens is 3. The highest BCUT2D eigenvalue weighted by Crippen LogP contribution is 2.45. The monoisotopic (exact) mass is 550 g/mol. The molecule has 0 aromatic heterocycles. The number of thioether (sulfide) groups is 2. The van der Waals surface area contributed by atoms with Crippen molar-refractivity contribution in [3.8, 4) is 11.5 Å². The summed E-state index contributed by atoms with van der Waals surface area (Å²) in [7, 11) is 0. The SMILES string of the molecule is O=C(COc1ccc(C2SCCS2)cc1)N/N=C\c1cc(Cl)c(OCc2ccccc2F)c(Cl)c1. The van der Waals surface area contributed by atoms with Crippen LogP contribution in [0.5, 0.6) is 11.5 Å². The highest BCUT2D eigenvalue weighted by Gasteiger charge is 2.18. The first kappa shape index (κ1) is 25.7. The van der Waals surface area contributed by atoms with Crippen LogP contribution < -0.4 is 14.9 Å². The van der Waals surface area contributed by atoms with E-state index in [0.29, 0.717) is 21.5 Å². The first-order valence-corrected chi connectivity index (χ1v) is 13.5. The molecular formula is C25H21Cl2FN2O3S2. The van der Waals surface area contributed by atoms with Gasteiger partial charge in [-0.1, -0.05) is 53.5 Å². The molecule has 0 aliphatic carbocycles. The molecule has 1 N–H and O–H groups in total. The average molecular weight is 551 g/mol.